The molecular formula is C16H15BrN2. The predicted molar refractivity (Wildman–Crippen MR) is 84.5 cm³/mol. The van der Waals surface area contributed by atoms with E-state index in [4.69, 9.17) is 0 Å². The quantitative estimate of drug-likeness (QED) is 0.710. The van der Waals surface area contributed by atoms with Gasteiger partial charge in [-0.3, -0.25) is 0 Å². The number of nitrogens with one attached hydrogen (secondary N) is 2. The molecule has 2 N–H and O–H groups in total. The molecule has 0 unspecified atom stereocenters. The molecule has 0 aliphatic heterocycles. The Hall–Kier alpha value is -1.74. The summed E-state index contributed by atoms with van der Waals surface area (Å²) in [7, 11) is 0. The van der Waals surface area contributed by atoms with Crippen LogP contribution in [0.25, 0.3) is 10.9 Å². The van der Waals surface area contributed by atoms with Crippen molar-refractivity contribution in [3.63, 3.8) is 0 Å². The summed E-state index contributed by atoms with van der Waals surface area (Å²) >= 11 is 3.56. The fourth-order valence-electron chi connectivity index (χ4n) is 2.20. The number of hydrogen-bond acceptors (Lipinski definition) is 1. The minimum absolute atomic E-state index is 0.813. The molecule has 2 aromatic carbocycles. The highest BCUT2D eigenvalue weighted by Gasteiger charge is 2.02. The first kappa shape index (κ1) is 12.3. The van der Waals surface area contributed by atoms with Gasteiger partial charge in [-0.15, -0.1) is 0 Å². The number of fused-ring (bicyclic) bond motifs is 1. The van der Waals surface area contributed by atoms with Gasteiger partial charge in [0.05, 0.1) is 5.52 Å². The molecule has 0 spiro atoms. The van der Waals surface area contributed by atoms with E-state index in [0.717, 1.165) is 16.7 Å². The van der Waals surface area contributed by atoms with Gasteiger partial charge in [-0.05, 0) is 41.6 Å². The number of para-hydroxylation sites is 1. The summed E-state index contributed by atoms with van der Waals surface area (Å²) in [4.78, 5) is 3.30. The molecular weight excluding hydrogens is 300 g/mol. The Bertz CT molecular complexity index is 716. The van der Waals surface area contributed by atoms with Gasteiger partial charge in [-0.1, -0.05) is 40.2 Å². The Morgan fingerprint density at radius 3 is 2.89 bits per heavy atom. The topological polar surface area (TPSA) is 27.8 Å². The molecule has 0 bridgehead atoms. The summed E-state index contributed by atoms with van der Waals surface area (Å²) in [6.07, 6.45) is 1.98. The van der Waals surface area contributed by atoms with Gasteiger partial charge in [0.1, 0.15) is 0 Å². The summed E-state index contributed by atoms with van der Waals surface area (Å²) in [5.41, 5.74) is 4.86. The zero-order valence-electron chi connectivity index (χ0n) is 10.7. The Labute approximate surface area is 121 Å². The minimum Gasteiger partial charge on any atom is -0.381 e. The first-order chi connectivity index (χ1) is 9.24. The maximum Gasteiger partial charge on any atom is 0.0504 e. The number of rotatable bonds is 3. The van der Waals surface area contributed by atoms with Crippen LogP contribution in [-0.4, -0.2) is 4.98 Å². The second-order valence-corrected chi connectivity index (χ2v) is 5.53. The third-order valence-corrected chi connectivity index (χ3v) is 4.18. The molecule has 0 radical (unpaired) electrons. The lowest BCUT2D eigenvalue weighted by atomic mass is 10.1. The molecule has 3 aromatic rings. The second kappa shape index (κ2) is 5.10. The third kappa shape index (κ3) is 2.51. The smallest absolute Gasteiger partial charge is 0.0504 e. The van der Waals surface area contributed by atoms with Crippen molar-refractivity contribution in [2.24, 2.45) is 0 Å². The third-order valence-electron chi connectivity index (χ3n) is 3.33. The Balaban J connectivity index is 1.82. The lowest BCUT2D eigenvalue weighted by Crippen LogP contribution is -2.00. The molecule has 1 aromatic heterocycles. The molecule has 0 atom stereocenters. The number of benzene rings is 2. The molecule has 19 heavy (non-hydrogen) atoms. The summed E-state index contributed by atoms with van der Waals surface area (Å²) in [5, 5.41) is 4.71. The van der Waals surface area contributed by atoms with Crippen molar-refractivity contribution >= 4 is 32.5 Å². The van der Waals surface area contributed by atoms with E-state index in [1.807, 2.05) is 6.20 Å². The van der Waals surface area contributed by atoms with E-state index in [1.165, 1.54) is 22.0 Å². The molecule has 0 aliphatic rings. The van der Waals surface area contributed by atoms with Crippen LogP contribution in [0.5, 0.6) is 0 Å². The molecule has 3 rings (SSSR count). The van der Waals surface area contributed by atoms with E-state index in [2.05, 4.69) is 75.6 Å². The molecule has 0 saturated heterocycles. The fourth-order valence-corrected chi connectivity index (χ4v) is 2.58. The molecule has 0 aliphatic carbocycles. The van der Waals surface area contributed by atoms with Gasteiger partial charge in [-0.2, -0.15) is 0 Å². The largest absolute Gasteiger partial charge is 0.381 e. The van der Waals surface area contributed by atoms with Gasteiger partial charge < -0.3 is 10.3 Å². The lowest BCUT2D eigenvalue weighted by molar-refractivity contribution is 1.15. The standard InChI is InChI=1S/C16H15BrN2/c1-11-5-6-14(9-15(11)17)19-10-13-4-2-3-12-7-8-18-16(12)13/h2-9,18-19H,10H2,1H3. The van der Waals surface area contributed by atoms with Crippen molar-refractivity contribution < 1.29 is 0 Å². The maximum absolute atomic E-state index is 3.56. The average molecular weight is 315 g/mol. The van der Waals surface area contributed by atoms with Crippen molar-refractivity contribution in [1.29, 1.82) is 0 Å². The van der Waals surface area contributed by atoms with Gasteiger partial charge >= 0.3 is 0 Å². The van der Waals surface area contributed by atoms with Gasteiger partial charge in [0.2, 0.25) is 0 Å². The Morgan fingerprint density at radius 2 is 2.05 bits per heavy atom. The number of H-pyrrole nitrogens is 1. The van der Waals surface area contributed by atoms with Crippen molar-refractivity contribution in [3.8, 4) is 0 Å². The van der Waals surface area contributed by atoms with Crippen LogP contribution in [0.15, 0.2) is 53.1 Å². The summed E-state index contributed by atoms with van der Waals surface area (Å²) in [6, 6.07) is 14.8. The van der Waals surface area contributed by atoms with Gasteiger partial charge in [0.25, 0.3) is 0 Å². The van der Waals surface area contributed by atoms with Crippen LogP contribution >= 0.6 is 15.9 Å². The van der Waals surface area contributed by atoms with Crippen LogP contribution in [0, 0.1) is 6.92 Å². The predicted octanol–water partition coefficient (Wildman–Crippen LogP) is 4.85. The van der Waals surface area contributed by atoms with Gasteiger partial charge in [0.15, 0.2) is 0 Å². The number of hydrogen-bond donors (Lipinski definition) is 2. The van der Waals surface area contributed by atoms with Gasteiger partial charge in [0, 0.05) is 22.9 Å². The first-order valence-electron chi connectivity index (χ1n) is 6.29. The SMILES string of the molecule is Cc1ccc(NCc2cccc3cc[nH]c23)cc1Br. The highest BCUT2D eigenvalue weighted by molar-refractivity contribution is 9.10. The summed E-state index contributed by atoms with van der Waals surface area (Å²) in [6.45, 7) is 2.90. The van der Waals surface area contributed by atoms with Crippen LogP contribution in [0.3, 0.4) is 0 Å². The fraction of sp³-hybridized carbons (Fsp3) is 0.125. The van der Waals surface area contributed by atoms with Crippen LogP contribution in [-0.2, 0) is 6.54 Å². The minimum atomic E-state index is 0.813. The lowest BCUT2D eigenvalue weighted by Gasteiger charge is -2.09. The molecule has 3 heteroatoms. The highest BCUT2D eigenvalue weighted by Crippen LogP contribution is 2.22. The number of aromatic amines is 1. The van der Waals surface area contributed by atoms with E-state index in [-0.39, 0.29) is 0 Å². The van der Waals surface area contributed by atoms with E-state index < -0.39 is 0 Å². The van der Waals surface area contributed by atoms with E-state index in [9.17, 15) is 0 Å². The van der Waals surface area contributed by atoms with E-state index in [1.54, 1.807) is 0 Å². The van der Waals surface area contributed by atoms with Crippen LogP contribution in [0.2, 0.25) is 0 Å². The van der Waals surface area contributed by atoms with Crippen LogP contribution < -0.4 is 5.32 Å². The van der Waals surface area contributed by atoms with Crippen molar-refractivity contribution in [2.45, 2.75) is 13.5 Å². The summed E-state index contributed by atoms with van der Waals surface area (Å²) in [5.74, 6) is 0. The van der Waals surface area contributed by atoms with Crippen LogP contribution in [0.4, 0.5) is 5.69 Å². The first-order valence-corrected chi connectivity index (χ1v) is 7.08. The second-order valence-electron chi connectivity index (χ2n) is 4.68. The number of aryl methyl sites for hydroxylation is 1. The Kier molecular flexibility index (Phi) is 3.30. The monoisotopic (exact) mass is 314 g/mol. The maximum atomic E-state index is 3.56. The number of anilines is 1. The molecule has 0 fully saturated rings. The highest BCUT2D eigenvalue weighted by atomic mass is 79.9. The Morgan fingerprint density at radius 1 is 1.16 bits per heavy atom. The zero-order chi connectivity index (χ0) is 13.2. The van der Waals surface area contributed by atoms with Crippen molar-refractivity contribution in [3.05, 3.63) is 64.3 Å². The molecule has 1 heterocycles. The molecule has 2 nitrogen and oxygen atoms in total. The molecule has 0 saturated carbocycles. The summed E-state index contributed by atoms with van der Waals surface area (Å²) < 4.78 is 1.13. The van der Waals surface area contributed by atoms with Crippen molar-refractivity contribution in [1.82, 2.24) is 4.98 Å². The number of halogens is 1. The number of aromatic nitrogens is 1. The van der Waals surface area contributed by atoms with E-state index >= 15 is 0 Å². The van der Waals surface area contributed by atoms with E-state index in [0.29, 0.717) is 0 Å². The van der Waals surface area contributed by atoms with Crippen LogP contribution in [0.1, 0.15) is 11.1 Å². The molecule has 96 valence electrons. The molecule has 0 amide bonds. The van der Waals surface area contributed by atoms with Gasteiger partial charge in [-0.25, -0.2) is 0 Å². The zero-order valence-corrected chi connectivity index (χ0v) is 12.3. The average Bonchev–Trinajstić information content (AvgIpc) is 2.89. The normalized spacial score (nSPS) is 10.8. The van der Waals surface area contributed by atoms with Crippen molar-refractivity contribution in [2.75, 3.05) is 5.32 Å².